The van der Waals surface area contributed by atoms with Crippen molar-refractivity contribution in [1.29, 1.82) is 0 Å². The topological polar surface area (TPSA) is 41.0 Å². The van der Waals surface area contributed by atoms with Crippen molar-refractivity contribution in [3.8, 4) is 0 Å². The molecule has 0 amide bonds. The third-order valence-electron chi connectivity index (χ3n) is 3.09. The van der Waals surface area contributed by atoms with E-state index in [-0.39, 0.29) is 0 Å². The number of aromatic nitrogens is 2. The van der Waals surface area contributed by atoms with Crippen LogP contribution in [0.3, 0.4) is 0 Å². The first kappa shape index (κ1) is 12.3. The summed E-state index contributed by atoms with van der Waals surface area (Å²) in [6.07, 6.45) is 3.65. The summed E-state index contributed by atoms with van der Waals surface area (Å²) in [5, 5.41) is 3.52. The zero-order chi connectivity index (χ0) is 12.3. The lowest BCUT2D eigenvalue weighted by atomic mass is 10.3. The Hall–Kier alpha value is -1.16. The minimum Gasteiger partial charge on any atom is -0.358 e. The fourth-order valence-electron chi connectivity index (χ4n) is 1.83. The van der Waals surface area contributed by atoms with Crippen molar-refractivity contribution in [2.24, 2.45) is 0 Å². The predicted molar refractivity (Wildman–Crippen MR) is 70.4 cm³/mol. The summed E-state index contributed by atoms with van der Waals surface area (Å²) in [6, 6.07) is 2.87. The Morgan fingerprint density at radius 2 is 2.18 bits per heavy atom. The van der Waals surface area contributed by atoms with E-state index in [2.05, 4.69) is 40.2 Å². The van der Waals surface area contributed by atoms with Crippen LogP contribution in [0.5, 0.6) is 0 Å². The van der Waals surface area contributed by atoms with Crippen LogP contribution in [0, 0.1) is 6.92 Å². The maximum absolute atomic E-state index is 4.48. The first-order valence-electron chi connectivity index (χ1n) is 6.48. The molecule has 17 heavy (non-hydrogen) atoms. The number of hydrogen-bond acceptors (Lipinski definition) is 4. The monoisotopic (exact) mass is 234 g/mol. The van der Waals surface area contributed by atoms with Gasteiger partial charge in [0, 0.05) is 37.9 Å². The Bertz CT molecular complexity index is 374. The molecule has 1 aromatic rings. The van der Waals surface area contributed by atoms with Crippen LogP contribution in [-0.2, 0) is 6.42 Å². The molecule has 1 aromatic heterocycles. The zero-order valence-electron chi connectivity index (χ0n) is 11.0. The van der Waals surface area contributed by atoms with Crippen LogP contribution in [0.1, 0.15) is 31.3 Å². The molecule has 0 unspecified atom stereocenters. The second kappa shape index (κ2) is 5.45. The largest absolute Gasteiger partial charge is 0.358 e. The van der Waals surface area contributed by atoms with Crippen LogP contribution < -0.4 is 10.2 Å². The average molecular weight is 234 g/mol. The third kappa shape index (κ3) is 3.66. The Balaban J connectivity index is 1.91. The van der Waals surface area contributed by atoms with Crippen molar-refractivity contribution < 1.29 is 0 Å². The Morgan fingerprint density at radius 1 is 1.41 bits per heavy atom. The lowest BCUT2D eigenvalue weighted by Crippen LogP contribution is -2.31. The molecule has 4 heteroatoms. The van der Waals surface area contributed by atoms with Gasteiger partial charge >= 0.3 is 0 Å². The van der Waals surface area contributed by atoms with E-state index in [9.17, 15) is 0 Å². The number of rotatable bonds is 6. The van der Waals surface area contributed by atoms with Crippen molar-refractivity contribution in [1.82, 2.24) is 15.3 Å². The number of aryl methyl sites for hydroxylation is 2. The van der Waals surface area contributed by atoms with Crippen molar-refractivity contribution in [3.63, 3.8) is 0 Å². The Morgan fingerprint density at radius 3 is 2.82 bits per heavy atom. The van der Waals surface area contributed by atoms with Gasteiger partial charge in [0.2, 0.25) is 0 Å². The van der Waals surface area contributed by atoms with Crippen LogP contribution in [0.15, 0.2) is 6.07 Å². The molecule has 1 saturated carbocycles. The molecular weight excluding hydrogens is 212 g/mol. The van der Waals surface area contributed by atoms with E-state index in [1.54, 1.807) is 0 Å². The quantitative estimate of drug-likeness (QED) is 0.810. The molecule has 0 radical (unpaired) electrons. The first-order chi connectivity index (χ1) is 8.19. The summed E-state index contributed by atoms with van der Waals surface area (Å²) in [5.74, 6) is 1.90. The van der Waals surface area contributed by atoms with Crippen LogP contribution in [0.2, 0.25) is 0 Å². The number of likely N-dealkylation sites (N-methyl/N-ethyl adjacent to an activating group) is 1. The molecule has 0 aliphatic heterocycles. The molecule has 4 nitrogen and oxygen atoms in total. The van der Waals surface area contributed by atoms with Gasteiger partial charge in [0.15, 0.2) is 0 Å². The molecule has 1 heterocycles. The second-order valence-electron chi connectivity index (χ2n) is 4.77. The van der Waals surface area contributed by atoms with Crippen LogP contribution in [0.4, 0.5) is 5.82 Å². The molecule has 1 fully saturated rings. The number of nitrogens with one attached hydrogen (secondary N) is 1. The molecule has 0 atom stereocenters. The number of anilines is 1. The van der Waals surface area contributed by atoms with Crippen molar-refractivity contribution >= 4 is 5.82 Å². The average Bonchev–Trinajstić information content (AvgIpc) is 3.12. The van der Waals surface area contributed by atoms with Crippen LogP contribution >= 0.6 is 0 Å². The van der Waals surface area contributed by atoms with E-state index in [1.807, 2.05) is 6.92 Å². The molecule has 0 aromatic carbocycles. The zero-order valence-corrected chi connectivity index (χ0v) is 11.0. The molecule has 0 bridgehead atoms. The molecule has 1 N–H and O–H groups in total. The fraction of sp³-hybridized carbons (Fsp3) is 0.692. The van der Waals surface area contributed by atoms with Gasteiger partial charge in [-0.05, 0) is 26.2 Å². The van der Waals surface area contributed by atoms with Gasteiger partial charge in [0.05, 0.1) is 0 Å². The molecule has 1 aliphatic carbocycles. The summed E-state index contributed by atoms with van der Waals surface area (Å²) in [5.41, 5.74) is 1.12. The van der Waals surface area contributed by atoms with Gasteiger partial charge in [0.1, 0.15) is 11.6 Å². The van der Waals surface area contributed by atoms with Gasteiger partial charge in [-0.1, -0.05) is 6.92 Å². The van der Waals surface area contributed by atoms with E-state index in [0.29, 0.717) is 0 Å². The highest BCUT2D eigenvalue weighted by Crippen LogP contribution is 2.18. The highest BCUT2D eigenvalue weighted by Gasteiger charge is 2.19. The molecular formula is C13H22N4. The van der Waals surface area contributed by atoms with Gasteiger partial charge < -0.3 is 10.2 Å². The van der Waals surface area contributed by atoms with E-state index in [1.165, 1.54) is 12.8 Å². The van der Waals surface area contributed by atoms with Gasteiger partial charge in [-0.25, -0.2) is 9.97 Å². The van der Waals surface area contributed by atoms with Crippen LogP contribution in [0.25, 0.3) is 0 Å². The van der Waals surface area contributed by atoms with Crippen molar-refractivity contribution in [2.45, 2.75) is 39.2 Å². The normalized spacial score (nSPS) is 15.0. The second-order valence-corrected chi connectivity index (χ2v) is 4.77. The highest BCUT2D eigenvalue weighted by molar-refractivity contribution is 5.38. The van der Waals surface area contributed by atoms with Crippen molar-refractivity contribution in [3.05, 3.63) is 17.6 Å². The summed E-state index contributed by atoms with van der Waals surface area (Å²) in [4.78, 5) is 11.1. The number of hydrogen-bond donors (Lipinski definition) is 1. The lowest BCUT2D eigenvalue weighted by molar-refractivity contribution is 0.671. The highest BCUT2D eigenvalue weighted by atomic mass is 15.2. The van der Waals surface area contributed by atoms with E-state index >= 15 is 0 Å². The molecule has 94 valence electrons. The smallest absolute Gasteiger partial charge is 0.132 e. The third-order valence-corrected chi connectivity index (χ3v) is 3.09. The fourth-order valence-corrected chi connectivity index (χ4v) is 1.83. The molecule has 2 rings (SSSR count). The van der Waals surface area contributed by atoms with Gasteiger partial charge in [-0.2, -0.15) is 0 Å². The summed E-state index contributed by atoms with van der Waals surface area (Å²) in [6.45, 7) is 6.11. The van der Waals surface area contributed by atoms with Gasteiger partial charge in [0.25, 0.3) is 0 Å². The van der Waals surface area contributed by atoms with Gasteiger partial charge in [-0.3, -0.25) is 0 Å². The standard InChI is InChI=1S/C13H22N4/c1-4-11-9-13(16-10(2)15-11)17(3)8-7-14-12-5-6-12/h9,12,14H,4-8H2,1-3H3. The molecule has 0 saturated heterocycles. The maximum Gasteiger partial charge on any atom is 0.132 e. The van der Waals surface area contributed by atoms with Gasteiger partial charge in [-0.15, -0.1) is 0 Å². The minimum atomic E-state index is 0.779. The number of nitrogens with zero attached hydrogens (tertiary/aromatic N) is 3. The minimum absolute atomic E-state index is 0.779. The summed E-state index contributed by atoms with van der Waals surface area (Å²) < 4.78 is 0. The Kier molecular flexibility index (Phi) is 3.94. The summed E-state index contributed by atoms with van der Waals surface area (Å²) in [7, 11) is 2.09. The van der Waals surface area contributed by atoms with E-state index in [0.717, 1.165) is 42.9 Å². The summed E-state index contributed by atoms with van der Waals surface area (Å²) >= 11 is 0. The van der Waals surface area contributed by atoms with E-state index in [4.69, 9.17) is 0 Å². The van der Waals surface area contributed by atoms with Crippen LogP contribution in [-0.4, -0.2) is 36.1 Å². The SMILES string of the molecule is CCc1cc(N(C)CCNC2CC2)nc(C)n1. The Labute approximate surface area is 103 Å². The first-order valence-corrected chi connectivity index (χ1v) is 6.48. The molecule has 0 spiro atoms. The van der Waals surface area contributed by atoms with Crippen molar-refractivity contribution in [2.75, 3.05) is 25.0 Å². The maximum atomic E-state index is 4.48. The van der Waals surface area contributed by atoms with E-state index < -0.39 is 0 Å². The predicted octanol–water partition coefficient (Wildman–Crippen LogP) is 1.54. The molecule has 1 aliphatic rings. The lowest BCUT2D eigenvalue weighted by Gasteiger charge is -2.19.